The minimum absolute atomic E-state index is 0.254. The van der Waals surface area contributed by atoms with Gasteiger partial charge < -0.3 is 16.0 Å². The van der Waals surface area contributed by atoms with Gasteiger partial charge >= 0.3 is 0 Å². The van der Waals surface area contributed by atoms with Crippen molar-refractivity contribution in [1.82, 2.24) is 5.32 Å². The summed E-state index contributed by atoms with van der Waals surface area (Å²) in [5.41, 5.74) is 6.61. The van der Waals surface area contributed by atoms with Gasteiger partial charge in [-0.25, -0.2) is 0 Å². The number of anilines is 1. The summed E-state index contributed by atoms with van der Waals surface area (Å²) in [7, 11) is 0. The highest BCUT2D eigenvalue weighted by Crippen LogP contribution is 2.13. The van der Waals surface area contributed by atoms with Gasteiger partial charge in [0.25, 0.3) is 0 Å². The Labute approximate surface area is 116 Å². The fourth-order valence-corrected chi connectivity index (χ4v) is 2.10. The van der Waals surface area contributed by atoms with E-state index < -0.39 is 0 Å². The van der Waals surface area contributed by atoms with Crippen molar-refractivity contribution in [3.63, 3.8) is 0 Å². The molecule has 4 heteroatoms. The molecule has 0 aliphatic carbocycles. The highest BCUT2D eigenvalue weighted by Gasteiger charge is 2.17. The zero-order valence-electron chi connectivity index (χ0n) is 12.1. The molecule has 0 saturated carbocycles. The molecule has 1 aromatic rings. The maximum Gasteiger partial charge on any atom is 0.234 e. The molecule has 0 bridgehead atoms. The smallest absolute Gasteiger partial charge is 0.234 e. The summed E-state index contributed by atoms with van der Waals surface area (Å²) in [6.45, 7) is 7.88. The molecule has 1 atom stereocenters. The van der Waals surface area contributed by atoms with Crippen LogP contribution in [0.3, 0.4) is 0 Å². The van der Waals surface area contributed by atoms with Gasteiger partial charge in [-0.15, -0.1) is 0 Å². The molecular weight excluding hydrogens is 238 g/mol. The van der Waals surface area contributed by atoms with Crippen LogP contribution in [-0.2, 0) is 4.79 Å². The van der Waals surface area contributed by atoms with Crippen LogP contribution in [0.4, 0.5) is 5.69 Å². The number of hydrogen-bond acceptors (Lipinski definition) is 3. The number of rotatable bonds is 8. The van der Waals surface area contributed by atoms with E-state index in [1.807, 2.05) is 32.0 Å². The Hall–Kier alpha value is -1.55. The first-order valence-electron chi connectivity index (χ1n) is 6.90. The predicted molar refractivity (Wildman–Crippen MR) is 80.2 cm³/mol. The average Bonchev–Trinajstić information content (AvgIpc) is 2.38. The molecule has 0 spiro atoms. The highest BCUT2D eigenvalue weighted by molar-refractivity contribution is 5.79. The van der Waals surface area contributed by atoms with E-state index in [0.29, 0.717) is 0 Å². The van der Waals surface area contributed by atoms with Gasteiger partial charge in [-0.2, -0.15) is 0 Å². The third kappa shape index (κ3) is 5.30. The summed E-state index contributed by atoms with van der Waals surface area (Å²) in [5, 5.41) is 3.21. The number of carbonyl (C=O) groups is 1. The summed E-state index contributed by atoms with van der Waals surface area (Å²) in [6, 6.07) is 10.2. The molecule has 0 saturated heterocycles. The molecule has 1 rings (SSSR count). The first-order chi connectivity index (χ1) is 9.04. The number of primary amides is 1. The van der Waals surface area contributed by atoms with E-state index >= 15 is 0 Å². The number of benzene rings is 1. The van der Waals surface area contributed by atoms with Gasteiger partial charge in [-0.1, -0.05) is 32.0 Å². The second-order valence-corrected chi connectivity index (χ2v) is 4.98. The lowest BCUT2D eigenvalue weighted by molar-refractivity contribution is -0.120. The minimum Gasteiger partial charge on any atom is -0.372 e. The molecule has 0 aliphatic rings. The van der Waals surface area contributed by atoms with Crippen LogP contribution in [0.15, 0.2) is 30.3 Å². The summed E-state index contributed by atoms with van der Waals surface area (Å²) >= 11 is 0. The summed E-state index contributed by atoms with van der Waals surface area (Å²) < 4.78 is 0. The first-order valence-corrected chi connectivity index (χ1v) is 6.90. The van der Waals surface area contributed by atoms with E-state index in [-0.39, 0.29) is 18.0 Å². The van der Waals surface area contributed by atoms with Gasteiger partial charge in [0.15, 0.2) is 0 Å². The summed E-state index contributed by atoms with van der Waals surface area (Å²) in [4.78, 5) is 13.7. The number of hydrogen-bond donors (Lipinski definition) is 2. The first kappa shape index (κ1) is 15.5. The van der Waals surface area contributed by atoms with Crippen molar-refractivity contribution in [3.8, 4) is 0 Å². The standard InChI is InChI=1S/C15H25N3O/c1-4-18(13-8-6-5-7-9-13)11-10-14(15(16)19)17-12(2)3/h5-9,12,14,17H,4,10-11H2,1-3H3,(H2,16,19). The fraction of sp³-hybridized carbons (Fsp3) is 0.533. The molecule has 0 heterocycles. The van der Waals surface area contributed by atoms with Crippen LogP contribution in [0.5, 0.6) is 0 Å². The molecule has 19 heavy (non-hydrogen) atoms. The summed E-state index contributed by atoms with van der Waals surface area (Å²) in [5.74, 6) is -0.280. The van der Waals surface area contributed by atoms with Crippen molar-refractivity contribution < 1.29 is 4.79 Å². The van der Waals surface area contributed by atoms with Crippen molar-refractivity contribution in [2.75, 3.05) is 18.0 Å². The van der Waals surface area contributed by atoms with Crippen molar-refractivity contribution >= 4 is 11.6 Å². The van der Waals surface area contributed by atoms with E-state index in [2.05, 4.69) is 29.3 Å². The molecular formula is C15H25N3O. The Morgan fingerprint density at radius 2 is 1.95 bits per heavy atom. The largest absolute Gasteiger partial charge is 0.372 e. The van der Waals surface area contributed by atoms with E-state index in [9.17, 15) is 4.79 Å². The van der Waals surface area contributed by atoms with Crippen LogP contribution in [0, 0.1) is 0 Å². The van der Waals surface area contributed by atoms with E-state index in [1.54, 1.807) is 0 Å². The number of nitrogens with one attached hydrogen (secondary N) is 1. The van der Waals surface area contributed by atoms with Crippen molar-refractivity contribution in [2.45, 2.75) is 39.3 Å². The SMILES string of the molecule is CCN(CCC(NC(C)C)C(N)=O)c1ccccc1. The fourth-order valence-electron chi connectivity index (χ4n) is 2.10. The third-order valence-electron chi connectivity index (χ3n) is 3.07. The van der Waals surface area contributed by atoms with Crippen molar-refractivity contribution in [3.05, 3.63) is 30.3 Å². The lowest BCUT2D eigenvalue weighted by atomic mass is 10.1. The van der Waals surface area contributed by atoms with Crippen molar-refractivity contribution in [1.29, 1.82) is 0 Å². The lowest BCUT2D eigenvalue weighted by Crippen LogP contribution is -2.46. The second-order valence-electron chi connectivity index (χ2n) is 4.98. The maximum absolute atomic E-state index is 11.4. The zero-order valence-corrected chi connectivity index (χ0v) is 12.1. The number of amides is 1. The number of para-hydroxylation sites is 1. The van der Waals surface area contributed by atoms with Gasteiger partial charge in [0, 0.05) is 24.8 Å². The quantitative estimate of drug-likeness (QED) is 0.751. The van der Waals surface area contributed by atoms with Crippen LogP contribution in [0.25, 0.3) is 0 Å². The molecule has 1 unspecified atom stereocenters. The molecule has 0 aliphatic heterocycles. The van der Waals surface area contributed by atoms with Gasteiger partial charge in [-0.3, -0.25) is 4.79 Å². The van der Waals surface area contributed by atoms with Crippen molar-refractivity contribution in [2.24, 2.45) is 5.73 Å². The van der Waals surface area contributed by atoms with E-state index in [4.69, 9.17) is 5.73 Å². The van der Waals surface area contributed by atoms with Crippen LogP contribution < -0.4 is 16.0 Å². The molecule has 106 valence electrons. The Morgan fingerprint density at radius 3 is 2.42 bits per heavy atom. The molecule has 1 aromatic carbocycles. The van der Waals surface area contributed by atoms with Gasteiger partial charge in [0.05, 0.1) is 6.04 Å². The van der Waals surface area contributed by atoms with E-state index in [0.717, 1.165) is 19.5 Å². The normalized spacial score (nSPS) is 12.4. The minimum atomic E-state index is -0.280. The molecule has 0 radical (unpaired) electrons. The molecule has 1 amide bonds. The third-order valence-corrected chi connectivity index (χ3v) is 3.07. The van der Waals surface area contributed by atoms with Crippen LogP contribution in [0.1, 0.15) is 27.2 Å². The highest BCUT2D eigenvalue weighted by atomic mass is 16.1. The van der Waals surface area contributed by atoms with Crippen LogP contribution >= 0.6 is 0 Å². The Balaban J connectivity index is 2.59. The average molecular weight is 263 g/mol. The van der Waals surface area contributed by atoms with Gasteiger partial charge in [0.1, 0.15) is 0 Å². The zero-order chi connectivity index (χ0) is 14.3. The Kier molecular flexibility index (Phi) is 6.36. The second kappa shape index (κ2) is 7.79. The molecule has 3 N–H and O–H groups in total. The molecule has 4 nitrogen and oxygen atoms in total. The van der Waals surface area contributed by atoms with Crippen LogP contribution in [0.2, 0.25) is 0 Å². The van der Waals surface area contributed by atoms with Gasteiger partial charge in [0.2, 0.25) is 5.91 Å². The molecule has 0 aromatic heterocycles. The predicted octanol–water partition coefficient (Wildman–Crippen LogP) is 1.75. The van der Waals surface area contributed by atoms with E-state index in [1.165, 1.54) is 5.69 Å². The maximum atomic E-state index is 11.4. The number of nitrogens with zero attached hydrogens (tertiary/aromatic N) is 1. The topological polar surface area (TPSA) is 58.4 Å². The monoisotopic (exact) mass is 263 g/mol. The lowest BCUT2D eigenvalue weighted by Gasteiger charge is -2.26. The Morgan fingerprint density at radius 1 is 1.32 bits per heavy atom. The number of carbonyl (C=O) groups excluding carboxylic acids is 1. The number of nitrogens with two attached hydrogens (primary N) is 1. The molecule has 0 fully saturated rings. The summed E-state index contributed by atoms with van der Waals surface area (Å²) in [6.07, 6.45) is 0.718. The Bertz CT molecular complexity index is 378. The van der Waals surface area contributed by atoms with Gasteiger partial charge in [-0.05, 0) is 25.5 Å². The van der Waals surface area contributed by atoms with Crippen LogP contribution in [-0.4, -0.2) is 31.1 Å².